The lowest BCUT2D eigenvalue weighted by atomic mass is 9.93. The number of likely N-dealkylation sites (N-methyl/N-ethyl adjacent to an activating group) is 1. The normalized spacial score (nSPS) is 15.4. The monoisotopic (exact) mass is 291 g/mol. The van der Waals surface area contributed by atoms with Crippen LogP contribution >= 0.6 is 22.6 Å². The van der Waals surface area contributed by atoms with Crippen molar-refractivity contribution in [2.45, 2.75) is 12.5 Å². The zero-order valence-electron chi connectivity index (χ0n) is 7.84. The summed E-state index contributed by atoms with van der Waals surface area (Å²) in [7, 11) is 1.86. The van der Waals surface area contributed by atoms with Crippen LogP contribution in [0.1, 0.15) is 12.5 Å². The van der Waals surface area contributed by atoms with Gasteiger partial charge in [0, 0.05) is 3.57 Å². The van der Waals surface area contributed by atoms with Crippen molar-refractivity contribution < 1.29 is 5.11 Å². The first-order chi connectivity index (χ1) is 6.12. The fraction of sp³-hybridized carbons (Fsp3) is 0.400. The maximum atomic E-state index is 9.24. The molecule has 1 atom stereocenters. The Morgan fingerprint density at radius 3 is 2.31 bits per heavy atom. The third-order valence-electron chi connectivity index (χ3n) is 2.35. The number of aliphatic hydroxyl groups is 1. The van der Waals surface area contributed by atoms with Gasteiger partial charge in [0.2, 0.25) is 0 Å². The van der Waals surface area contributed by atoms with Gasteiger partial charge in [-0.15, -0.1) is 0 Å². The maximum absolute atomic E-state index is 9.24. The van der Waals surface area contributed by atoms with Crippen molar-refractivity contribution in [3.8, 4) is 0 Å². The smallest absolute Gasteiger partial charge is 0.0652 e. The topological polar surface area (TPSA) is 32.3 Å². The Hall–Kier alpha value is -0.130. The molecule has 0 amide bonds. The van der Waals surface area contributed by atoms with Crippen LogP contribution in [0, 0.1) is 3.57 Å². The summed E-state index contributed by atoms with van der Waals surface area (Å²) in [6.07, 6.45) is 0. The summed E-state index contributed by atoms with van der Waals surface area (Å²) in [5.74, 6) is 0. The molecule has 0 aliphatic heterocycles. The van der Waals surface area contributed by atoms with Gasteiger partial charge in [0.25, 0.3) is 0 Å². The molecule has 3 heteroatoms. The van der Waals surface area contributed by atoms with E-state index in [1.807, 2.05) is 38.2 Å². The standard InChI is InChI=1S/C10H14INO/c1-10(7-13,12-2)8-3-5-9(11)6-4-8/h3-6,12-13H,7H2,1-2H3. The summed E-state index contributed by atoms with van der Waals surface area (Å²) in [4.78, 5) is 0. The number of benzene rings is 1. The average molecular weight is 291 g/mol. The SMILES string of the molecule is CNC(C)(CO)c1ccc(I)cc1. The lowest BCUT2D eigenvalue weighted by Gasteiger charge is -2.27. The van der Waals surface area contributed by atoms with Crippen molar-refractivity contribution in [3.63, 3.8) is 0 Å². The molecule has 0 saturated carbocycles. The molecule has 0 bridgehead atoms. The van der Waals surface area contributed by atoms with Crippen LogP contribution in [0.5, 0.6) is 0 Å². The molecule has 0 spiro atoms. The van der Waals surface area contributed by atoms with Gasteiger partial charge in [-0.05, 0) is 54.3 Å². The van der Waals surface area contributed by atoms with E-state index in [0.717, 1.165) is 5.56 Å². The number of halogens is 1. The van der Waals surface area contributed by atoms with Crippen molar-refractivity contribution >= 4 is 22.6 Å². The first-order valence-electron chi connectivity index (χ1n) is 4.18. The molecular formula is C10H14INO. The Morgan fingerprint density at radius 2 is 1.92 bits per heavy atom. The van der Waals surface area contributed by atoms with Gasteiger partial charge >= 0.3 is 0 Å². The van der Waals surface area contributed by atoms with E-state index in [4.69, 9.17) is 0 Å². The molecule has 0 aromatic heterocycles. The predicted molar refractivity (Wildman–Crippen MR) is 62.7 cm³/mol. The van der Waals surface area contributed by atoms with Crippen LogP contribution in [0.4, 0.5) is 0 Å². The van der Waals surface area contributed by atoms with Crippen LogP contribution < -0.4 is 5.32 Å². The molecule has 0 radical (unpaired) electrons. The van der Waals surface area contributed by atoms with Crippen molar-refractivity contribution in [2.24, 2.45) is 0 Å². The average Bonchev–Trinajstić information content (AvgIpc) is 2.18. The van der Waals surface area contributed by atoms with Gasteiger partial charge in [-0.25, -0.2) is 0 Å². The Kier molecular flexibility index (Phi) is 3.70. The summed E-state index contributed by atoms with van der Waals surface area (Å²) >= 11 is 2.27. The van der Waals surface area contributed by atoms with Gasteiger partial charge in [-0.1, -0.05) is 12.1 Å². The summed E-state index contributed by atoms with van der Waals surface area (Å²) in [5.41, 5.74) is 0.780. The summed E-state index contributed by atoms with van der Waals surface area (Å²) in [6.45, 7) is 2.08. The van der Waals surface area contributed by atoms with Crippen molar-refractivity contribution in [3.05, 3.63) is 33.4 Å². The Bertz CT molecular complexity index is 267. The predicted octanol–water partition coefficient (Wildman–Crippen LogP) is 1.72. The second-order valence-electron chi connectivity index (χ2n) is 3.25. The highest BCUT2D eigenvalue weighted by atomic mass is 127. The van der Waals surface area contributed by atoms with E-state index >= 15 is 0 Å². The summed E-state index contributed by atoms with van der Waals surface area (Å²) in [6, 6.07) is 8.16. The van der Waals surface area contributed by atoms with Gasteiger partial charge in [0.05, 0.1) is 12.1 Å². The highest BCUT2D eigenvalue weighted by molar-refractivity contribution is 14.1. The van der Waals surface area contributed by atoms with Crippen molar-refractivity contribution in [2.75, 3.05) is 13.7 Å². The largest absolute Gasteiger partial charge is 0.394 e. The number of nitrogens with one attached hydrogen (secondary N) is 1. The summed E-state index contributed by atoms with van der Waals surface area (Å²) in [5, 5.41) is 12.4. The highest BCUT2D eigenvalue weighted by Gasteiger charge is 2.22. The van der Waals surface area contributed by atoms with E-state index in [-0.39, 0.29) is 12.1 Å². The van der Waals surface area contributed by atoms with E-state index in [1.165, 1.54) is 3.57 Å². The first-order valence-corrected chi connectivity index (χ1v) is 5.26. The minimum atomic E-state index is -0.329. The molecule has 1 unspecified atom stereocenters. The number of hydrogen-bond donors (Lipinski definition) is 2. The highest BCUT2D eigenvalue weighted by Crippen LogP contribution is 2.20. The molecular weight excluding hydrogens is 277 g/mol. The van der Waals surface area contributed by atoms with Crippen molar-refractivity contribution in [1.29, 1.82) is 0 Å². The van der Waals surface area contributed by atoms with E-state index in [1.54, 1.807) is 0 Å². The quantitative estimate of drug-likeness (QED) is 0.831. The molecule has 13 heavy (non-hydrogen) atoms. The first kappa shape index (κ1) is 10.9. The number of aliphatic hydroxyl groups excluding tert-OH is 1. The van der Waals surface area contributed by atoms with Crippen LogP contribution in [0.15, 0.2) is 24.3 Å². The second kappa shape index (κ2) is 4.39. The Labute approximate surface area is 92.5 Å². The third-order valence-corrected chi connectivity index (χ3v) is 3.07. The minimum absolute atomic E-state index is 0.101. The van der Waals surface area contributed by atoms with Gasteiger partial charge in [0.1, 0.15) is 0 Å². The molecule has 72 valence electrons. The molecule has 0 aliphatic rings. The zero-order chi connectivity index (χ0) is 9.90. The fourth-order valence-electron chi connectivity index (χ4n) is 1.13. The Balaban J connectivity index is 2.99. The molecule has 0 aliphatic carbocycles. The molecule has 1 rings (SSSR count). The zero-order valence-corrected chi connectivity index (χ0v) is 10.00. The Morgan fingerprint density at radius 1 is 1.38 bits per heavy atom. The summed E-state index contributed by atoms with van der Waals surface area (Å²) < 4.78 is 1.21. The lowest BCUT2D eigenvalue weighted by molar-refractivity contribution is 0.183. The lowest BCUT2D eigenvalue weighted by Crippen LogP contribution is -2.40. The van der Waals surface area contributed by atoms with Crippen molar-refractivity contribution in [1.82, 2.24) is 5.32 Å². The third kappa shape index (κ3) is 2.42. The fourth-order valence-corrected chi connectivity index (χ4v) is 1.49. The van der Waals surface area contributed by atoms with E-state index in [2.05, 4.69) is 27.9 Å². The van der Waals surface area contributed by atoms with Gasteiger partial charge < -0.3 is 10.4 Å². The molecule has 0 heterocycles. The van der Waals surface area contributed by atoms with E-state index in [9.17, 15) is 5.11 Å². The second-order valence-corrected chi connectivity index (χ2v) is 4.49. The molecule has 0 fully saturated rings. The van der Waals surface area contributed by atoms with Gasteiger partial charge in [0.15, 0.2) is 0 Å². The molecule has 2 N–H and O–H groups in total. The van der Waals surface area contributed by atoms with Crippen LogP contribution in [-0.2, 0) is 5.54 Å². The van der Waals surface area contributed by atoms with Crippen LogP contribution in [-0.4, -0.2) is 18.8 Å². The molecule has 2 nitrogen and oxygen atoms in total. The van der Waals surface area contributed by atoms with Gasteiger partial charge in [-0.3, -0.25) is 0 Å². The van der Waals surface area contributed by atoms with Gasteiger partial charge in [-0.2, -0.15) is 0 Å². The number of rotatable bonds is 3. The van der Waals surface area contributed by atoms with Crippen LogP contribution in [0.3, 0.4) is 0 Å². The molecule has 1 aromatic rings. The molecule has 1 aromatic carbocycles. The minimum Gasteiger partial charge on any atom is -0.394 e. The van der Waals surface area contributed by atoms with E-state index < -0.39 is 0 Å². The maximum Gasteiger partial charge on any atom is 0.0652 e. The molecule has 0 saturated heterocycles. The van der Waals surface area contributed by atoms with Crippen LogP contribution in [0.2, 0.25) is 0 Å². The number of hydrogen-bond acceptors (Lipinski definition) is 2. The van der Waals surface area contributed by atoms with Crippen LogP contribution in [0.25, 0.3) is 0 Å². The van der Waals surface area contributed by atoms with E-state index in [0.29, 0.717) is 0 Å².